The van der Waals surface area contributed by atoms with Crippen LogP contribution in [0.15, 0.2) is 23.4 Å². The zero-order valence-electron chi connectivity index (χ0n) is 11.9. The van der Waals surface area contributed by atoms with Crippen LogP contribution in [0.5, 0.6) is 0 Å². The van der Waals surface area contributed by atoms with Crippen LogP contribution in [0.25, 0.3) is 0 Å². The van der Waals surface area contributed by atoms with Crippen LogP contribution in [-0.4, -0.2) is 47.8 Å². The molecule has 0 N–H and O–H groups in total. The average molecular weight is 282 g/mol. The number of thioether (sulfide) groups is 1. The fourth-order valence-electron chi connectivity index (χ4n) is 1.62. The van der Waals surface area contributed by atoms with Crippen molar-refractivity contribution in [3.63, 3.8) is 0 Å². The predicted octanol–water partition coefficient (Wildman–Crippen LogP) is 2.69. The van der Waals surface area contributed by atoms with Crippen molar-refractivity contribution < 1.29 is 9.53 Å². The van der Waals surface area contributed by atoms with Gasteiger partial charge in [-0.05, 0) is 32.1 Å². The van der Waals surface area contributed by atoms with Crippen molar-refractivity contribution in [2.75, 3.05) is 32.0 Å². The van der Waals surface area contributed by atoms with E-state index in [1.165, 1.54) is 0 Å². The van der Waals surface area contributed by atoms with Crippen LogP contribution in [0.2, 0.25) is 0 Å². The first-order valence-electron chi connectivity index (χ1n) is 6.69. The van der Waals surface area contributed by atoms with Crippen molar-refractivity contribution in [3.05, 3.63) is 23.9 Å². The summed E-state index contributed by atoms with van der Waals surface area (Å²) in [6.07, 6.45) is 1.58. The number of carbonyl (C=O) groups excluding carboxylic acids is 1. The van der Waals surface area contributed by atoms with Crippen molar-refractivity contribution in [1.29, 1.82) is 0 Å². The van der Waals surface area contributed by atoms with Gasteiger partial charge in [-0.25, -0.2) is 9.78 Å². The summed E-state index contributed by atoms with van der Waals surface area (Å²) in [5, 5.41) is 0.945. The van der Waals surface area contributed by atoms with Crippen LogP contribution in [0.1, 0.15) is 31.1 Å². The number of aromatic nitrogens is 1. The van der Waals surface area contributed by atoms with E-state index < -0.39 is 0 Å². The lowest BCUT2D eigenvalue weighted by Crippen LogP contribution is -2.25. The molecule has 1 rings (SSSR count). The molecule has 106 valence electrons. The third kappa shape index (κ3) is 5.61. The zero-order valence-corrected chi connectivity index (χ0v) is 12.7. The second-order valence-corrected chi connectivity index (χ2v) is 5.10. The van der Waals surface area contributed by atoms with Gasteiger partial charge in [-0.1, -0.05) is 13.8 Å². The van der Waals surface area contributed by atoms with Gasteiger partial charge in [0.05, 0.1) is 17.2 Å². The molecule has 1 aromatic heterocycles. The topological polar surface area (TPSA) is 42.4 Å². The fraction of sp³-hybridized carbons (Fsp3) is 0.571. The highest BCUT2D eigenvalue weighted by molar-refractivity contribution is 7.99. The lowest BCUT2D eigenvalue weighted by atomic mass is 10.3. The highest BCUT2D eigenvalue weighted by atomic mass is 32.2. The van der Waals surface area contributed by atoms with Gasteiger partial charge in [0.1, 0.15) is 0 Å². The molecule has 0 aliphatic rings. The third-order valence-corrected chi connectivity index (χ3v) is 3.72. The Morgan fingerprint density at radius 3 is 2.58 bits per heavy atom. The summed E-state index contributed by atoms with van der Waals surface area (Å²) in [6.45, 7) is 9.72. The van der Waals surface area contributed by atoms with Gasteiger partial charge in [-0.3, -0.25) is 0 Å². The minimum atomic E-state index is -0.310. The first-order valence-corrected chi connectivity index (χ1v) is 7.68. The van der Waals surface area contributed by atoms with Gasteiger partial charge in [-0.15, -0.1) is 11.8 Å². The summed E-state index contributed by atoms with van der Waals surface area (Å²) in [6, 6.07) is 3.64. The molecular formula is C14H22N2O2S. The molecular weight excluding hydrogens is 260 g/mol. The van der Waals surface area contributed by atoms with Gasteiger partial charge in [-0.2, -0.15) is 0 Å². The summed E-state index contributed by atoms with van der Waals surface area (Å²) in [5.74, 6) is 0.697. The number of pyridine rings is 1. The molecule has 1 aromatic rings. The maximum atomic E-state index is 11.5. The average Bonchev–Trinajstić information content (AvgIpc) is 2.44. The van der Waals surface area contributed by atoms with Gasteiger partial charge in [0.15, 0.2) is 0 Å². The minimum Gasteiger partial charge on any atom is -0.462 e. The number of hydrogen-bond acceptors (Lipinski definition) is 5. The van der Waals surface area contributed by atoms with E-state index in [1.54, 1.807) is 30.9 Å². The summed E-state index contributed by atoms with van der Waals surface area (Å²) in [7, 11) is 0. The van der Waals surface area contributed by atoms with E-state index in [0.29, 0.717) is 12.2 Å². The number of esters is 1. The van der Waals surface area contributed by atoms with Crippen LogP contribution in [0, 0.1) is 0 Å². The molecule has 0 saturated heterocycles. The molecule has 0 aliphatic heterocycles. The Morgan fingerprint density at radius 1 is 1.32 bits per heavy atom. The summed E-state index contributed by atoms with van der Waals surface area (Å²) < 4.78 is 4.92. The smallest absolute Gasteiger partial charge is 0.339 e. The minimum absolute atomic E-state index is 0.310. The van der Waals surface area contributed by atoms with E-state index in [9.17, 15) is 4.79 Å². The molecule has 19 heavy (non-hydrogen) atoms. The Labute approximate surface area is 119 Å². The summed E-state index contributed by atoms with van der Waals surface area (Å²) in [5.41, 5.74) is 0.509. The molecule has 4 nitrogen and oxygen atoms in total. The zero-order chi connectivity index (χ0) is 14.1. The van der Waals surface area contributed by atoms with Crippen molar-refractivity contribution in [1.82, 2.24) is 9.88 Å². The van der Waals surface area contributed by atoms with Gasteiger partial charge in [0, 0.05) is 18.5 Å². The summed E-state index contributed by atoms with van der Waals surface area (Å²) >= 11 is 1.71. The van der Waals surface area contributed by atoms with E-state index in [-0.39, 0.29) is 5.97 Å². The molecule has 0 radical (unpaired) electrons. The Morgan fingerprint density at radius 2 is 2.05 bits per heavy atom. The number of carbonyl (C=O) groups is 1. The van der Waals surface area contributed by atoms with E-state index in [2.05, 4.69) is 23.7 Å². The first kappa shape index (κ1) is 16.0. The summed E-state index contributed by atoms with van der Waals surface area (Å²) in [4.78, 5) is 18.1. The lowest BCUT2D eigenvalue weighted by molar-refractivity contribution is 0.0525. The van der Waals surface area contributed by atoms with Crippen molar-refractivity contribution >= 4 is 17.7 Å². The highest BCUT2D eigenvalue weighted by Gasteiger charge is 2.07. The molecule has 0 spiro atoms. The van der Waals surface area contributed by atoms with E-state index in [0.717, 1.165) is 30.4 Å². The Kier molecular flexibility index (Phi) is 7.52. The normalized spacial score (nSPS) is 10.7. The van der Waals surface area contributed by atoms with Gasteiger partial charge < -0.3 is 9.64 Å². The van der Waals surface area contributed by atoms with Crippen molar-refractivity contribution in [3.8, 4) is 0 Å². The largest absolute Gasteiger partial charge is 0.462 e. The molecule has 1 heterocycles. The first-order chi connectivity index (χ1) is 9.21. The quantitative estimate of drug-likeness (QED) is 0.542. The monoisotopic (exact) mass is 282 g/mol. The number of hydrogen-bond donors (Lipinski definition) is 0. The Balaban J connectivity index is 2.42. The molecule has 5 heteroatoms. The van der Waals surface area contributed by atoms with Crippen molar-refractivity contribution in [2.24, 2.45) is 0 Å². The standard InChI is InChI=1S/C14H22N2O2S/c1-4-16(5-2)9-10-19-13-8-7-12(11-15-13)14(17)18-6-3/h7-8,11H,4-6,9-10H2,1-3H3. The molecule has 0 aromatic carbocycles. The number of ether oxygens (including phenoxy) is 1. The molecule has 0 atom stereocenters. The van der Waals surface area contributed by atoms with E-state index in [1.807, 2.05) is 6.07 Å². The Bertz CT molecular complexity index is 378. The van der Waals surface area contributed by atoms with Gasteiger partial charge in [0.2, 0.25) is 0 Å². The van der Waals surface area contributed by atoms with Crippen LogP contribution < -0.4 is 0 Å². The lowest BCUT2D eigenvalue weighted by Gasteiger charge is -2.17. The molecule has 0 aliphatic carbocycles. The molecule has 0 saturated carbocycles. The fourth-order valence-corrected chi connectivity index (χ4v) is 2.47. The van der Waals surface area contributed by atoms with Gasteiger partial charge >= 0.3 is 5.97 Å². The SMILES string of the molecule is CCOC(=O)c1ccc(SCCN(CC)CC)nc1. The maximum Gasteiger partial charge on any atom is 0.339 e. The number of rotatable bonds is 8. The second kappa shape index (κ2) is 8.93. The molecule has 0 amide bonds. The van der Waals surface area contributed by atoms with Crippen molar-refractivity contribution in [2.45, 2.75) is 25.8 Å². The van der Waals surface area contributed by atoms with Crippen LogP contribution in [0.4, 0.5) is 0 Å². The highest BCUT2D eigenvalue weighted by Crippen LogP contribution is 2.15. The molecule has 0 unspecified atom stereocenters. The van der Waals surface area contributed by atoms with Gasteiger partial charge in [0.25, 0.3) is 0 Å². The molecule has 0 bridgehead atoms. The van der Waals surface area contributed by atoms with Crippen LogP contribution >= 0.6 is 11.8 Å². The van der Waals surface area contributed by atoms with Crippen LogP contribution in [0.3, 0.4) is 0 Å². The van der Waals surface area contributed by atoms with E-state index >= 15 is 0 Å². The maximum absolute atomic E-state index is 11.5. The predicted molar refractivity (Wildman–Crippen MR) is 78.7 cm³/mol. The third-order valence-electron chi connectivity index (χ3n) is 2.80. The molecule has 0 fully saturated rings. The second-order valence-electron chi connectivity index (χ2n) is 3.98. The van der Waals surface area contributed by atoms with E-state index in [4.69, 9.17) is 4.74 Å². The Hall–Kier alpha value is -1.07. The number of nitrogens with zero attached hydrogens (tertiary/aromatic N) is 2. The van der Waals surface area contributed by atoms with Crippen LogP contribution in [-0.2, 0) is 4.74 Å².